The Morgan fingerprint density at radius 1 is 0.875 bits per heavy atom. The van der Waals surface area contributed by atoms with Gasteiger partial charge in [-0.25, -0.2) is 8.78 Å². The zero-order valence-electron chi connectivity index (χ0n) is 17.6. The highest BCUT2D eigenvalue weighted by molar-refractivity contribution is 5.94. The average Bonchev–Trinajstić information content (AvgIpc) is 2.76. The Morgan fingerprint density at radius 2 is 1.56 bits per heavy atom. The second-order valence-corrected chi connectivity index (χ2v) is 7.44. The number of nitrogens with zero attached hydrogens (tertiary/aromatic N) is 1. The lowest BCUT2D eigenvalue weighted by Gasteiger charge is -2.23. The summed E-state index contributed by atoms with van der Waals surface area (Å²) < 4.78 is 27.2. The van der Waals surface area contributed by atoms with Crippen LogP contribution < -0.4 is 11.1 Å². The number of hydrogen-bond donors (Lipinski definition) is 2. The van der Waals surface area contributed by atoms with Gasteiger partial charge in [-0.3, -0.25) is 9.59 Å². The van der Waals surface area contributed by atoms with E-state index >= 15 is 0 Å². The summed E-state index contributed by atoms with van der Waals surface area (Å²) in [5.74, 6) is -2.26. The van der Waals surface area contributed by atoms with E-state index in [4.69, 9.17) is 5.73 Å². The molecule has 7 heteroatoms. The molecule has 3 N–H and O–H groups in total. The van der Waals surface area contributed by atoms with Crippen LogP contribution in [0.3, 0.4) is 0 Å². The Kier molecular flexibility index (Phi) is 8.05. The van der Waals surface area contributed by atoms with Crippen molar-refractivity contribution in [2.75, 3.05) is 18.4 Å². The van der Waals surface area contributed by atoms with E-state index in [1.54, 1.807) is 18.2 Å². The summed E-state index contributed by atoms with van der Waals surface area (Å²) in [6, 6.07) is 19.3. The number of anilines is 1. The fourth-order valence-electron chi connectivity index (χ4n) is 3.35. The van der Waals surface area contributed by atoms with E-state index in [0.29, 0.717) is 25.2 Å². The molecule has 0 aliphatic carbocycles. The van der Waals surface area contributed by atoms with Gasteiger partial charge in [0.05, 0.1) is 6.42 Å². The van der Waals surface area contributed by atoms with Gasteiger partial charge in [-0.15, -0.1) is 0 Å². The second-order valence-electron chi connectivity index (χ2n) is 7.44. The number of carbonyl (C=O) groups is 2. The molecule has 0 fully saturated rings. The van der Waals surface area contributed by atoms with E-state index in [1.165, 1.54) is 4.90 Å². The summed E-state index contributed by atoms with van der Waals surface area (Å²) in [4.78, 5) is 26.8. The van der Waals surface area contributed by atoms with Crippen LogP contribution in [-0.2, 0) is 17.8 Å². The minimum Gasteiger partial charge on any atom is -0.334 e. The Balaban J connectivity index is 1.72. The molecule has 3 aromatic rings. The van der Waals surface area contributed by atoms with Crippen LogP contribution in [0.25, 0.3) is 0 Å². The van der Waals surface area contributed by atoms with Crippen LogP contribution >= 0.6 is 0 Å². The summed E-state index contributed by atoms with van der Waals surface area (Å²) in [6.07, 6.45) is 0.786. The van der Waals surface area contributed by atoms with Gasteiger partial charge in [0.15, 0.2) is 0 Å². The molecule has 0 heterocycles. The van der Waals surface area contributed by atoms with Crippen molar-refractivity contribution in [3.05, 3.63) is 101 Å². The molecule has 32 heavy (non-hydrogen) atoms. The SMILES string of the molecule is NCCCN(Cc1cccc(NC(=O)Cc2ccccc2)c1)C(=O)c1cc(F)cc(F)c1. The van der Waals surface area contributed by atoms with E-state index in [-0.39, 0.29) is 24.4 Å². The highest BCUT2D eigenvalue weighted by Gasteiger charge is 2.18. The Hall–Kier alpha value is -3.58. The van der Waals surface area contributed by atoms with Gasteiger partial charge in [-0.2, -0.15) is 0 Å². The smallest absolute Gasteiger partial charge is 0.254 e. The Labute approximate surface area is 185 Å². The van der Waals surface area contributed by atoms with Crippen LogP contribution in [0.15, 0.2) is 72.8 Å². The van der Waals surface area contributed by atoms with Gasteiger partial charge in [-0.1, -0.05) is 42.5 Å². The Morgan fingerprint density at radius 3 is 2.25 bits per heavy atom. The first-order valence-corrected chi connectivity index (χ1v) is 10.3. The number of benzene rings is 3. The molecule has 0 bridgehead atoms. The minimum absolute atomic E-state index is 0.0631. The van der Waals surface area contributed by atoms with Gasteiger partial charge < -0.3 is 16.0 Å². The van der Waals surface area contributed by atoms with Crippen molar-refractivity contribution < 1.29 is 18.4 Å². The summed E-state index contributed by atoms with van der Waals surface area (Å²) >= 11 is 0. The van der Waals surface area contributed by atoms with Crippen LogP contribution in [0.2, 0.25) is 0 Å². The molecule has 0 atom stereocenters. The van der Waals surface area contributed by atoms with E-state index in [2.05, 4.69) is 5.32 Å². The summed E-state index contributed by atoms with van der Waals surface area (Å²) in [6.45, 7) is 0.911. The number of nitrogens with one attached hydrogen (secondary N) is 1. The standard InChI is InChI=1S/C25H25F2N3O2/c26-21-14-20(15-22(27)16-21)25(32)30(11-5-10-28)17-19-8-4-9-23(12-19)29-24(31)13-18-6-2-1-3-7-18/h1-4,6-9,12,14-16H,5,10-11,13,17,28H2,(H,29,31). The van der Waals surface area contributed by atoms with Crippen LogP contribution in [0.5, 0.6) is 0 Å². The van der Waals surface area contributed by atoms with E-state index in [9.17, 15) is 18.4 Å². The molecule has 3 rings (SSSR count). The first-order valence-electron chi connectivity index (χ1n) is 10.3. The molecule has 0 aromatic heterocycles. The Bertz CT molecular complexity index is 1050. The van der Waals surface area contributed by atoms with E-state index in [1.807, 2.05) is 36.4 Å². The maximum absolute atomic E-state index is 13.6. The largest absolute Gasteiger partial charge is 0.334 e. The van der Waals surface area contributed by atoms with Crippen molar-refractivity contribution in [1.29, 1.82) is 0 Å². The van der Waals surface area contributed by atoms with E-state index in [0.717, 1.165) is 29.3 Å². The van der Waals surface area contributed by atoms with Gasteiger partial charge in [-0.05, 0) is 48.4 Å². The molecule has 0 spiro atoms. The number of halogens is 2. The summed E-state index contributed by atoms with van der Waals surface area (Å²) in [7, 11) is 0. The monoisotopic (exact) mass is 437 g/mol. The molecule has 2 amide bonds. The lowest BCUT2D eigenvalue weighted by Crippen LogP contribution is -2.32. The molecule has 0 aliphatic rings. The normalized spacial score (nSPS) is 10.6. The minimum atomic E-state index is -0.810. The lowest BCUT2D eigenvalue weighted by molar-refractivity contribution is -0.115. The number of rotatable bonds is 9. The molecule has 5 nitrogen and oxygen atoms in total. The van der Waals surface area contributed by atoms with Crippen LogP contribution in [0, 0.1) is 11.6 Å². The van der Waals surface area contributed by atoms with Crippen molar-refractivity contribution in [3.8, 4) is 0 Å². The third-order valence-corrected chi connectivity index (χ3v) is 4.82. The highest BCUT2D eigenvalue weighted by atomic mass is 19.1. The first-order chi connectivity index (χ1) is 15.4. The van der Waals surface area contributed by atoms with Crippen molar-refractivity contribution in [2.24, 2.45) is 5.73 Å². The van der Waals surface area contributed by atoms with Gasteiger partial charge in [0.1, 0.15) is 11.6 Å². The number of hydrogen-bond acceptors (Lipinski definition) is 3. The van der Waals surface area contributed by atoms with Gasteiger partial charge >= 0.3 is 0 Å². The molecule has 0 radical (unpaired) electrons. The molecular weight excluding hydrogens is 412 g/mol. The first kappa shape index (κ1) is 23.1. The van der Waals surface area contributed by atoms with Crippen LogP contribution in [-0.4, -0.2) is 29.8 Å². The molecule has 3 aromatic carbocycles. The van der Waals surface area contributed by atoms with Gasteiger partial charge in [0.2, 0.25) is 5.91 Å². The topological polar surface area (TPSA) is 75.4 Å². The number of nitrogens with two attached hydrogens (primary N) is 1. The molecule has 0 saturated heterocycles. The molecule has 0 unspecified atom stereocenters. The zero-order chi connectivity index (χ0) is 22.9. The summed E-state index contributed by atoms with van der Waals surface area (Å²) in [5, 5.41) is 2.86. The third kappa shape index (κ3) is 6.72. The predicted octanol–water partition coefficient (Wildman–Crippen LogP) is 4.14. The quantitative estimate of drug-likeness (QED) is 0.528. The predicted molar refractivity (Wildman–Crippen MR) is 120 cm³/mol. The molecule has 166 valence electrons. The number of amides is 2. The van der Waals surface area contributed by atoms with Crippen molar-refractivity contribution in [1.82, 2.24) is 4.90 Å². The van der Waals surface area contributed by atoms with Crippen molar-refractivity contribution >= 4 is 17.5 Å². The third-order valence-electron chi connectivity index (χ3n) is 4.82. The van der Waals surface area contributed by atoms with Crippen LogP contribution in [0.4, 0.5) is 14.5 Å². The molecule has 0 saturated carbocycles. The van der Waals surface area contributed by atoms with Crippen molar-refractivity contribution in [3.63, 3.8) is 0 Å². The maximum atomic E-state index is 13.6. The van der Waals surface area contributed by atoms with Crippen LogP contribution in [0.1, 0.15) is 27.9 Å². The van der Waals surface area contributed by atoms with Crippen molar-refractivity contribution in [2.45, 2.75) is 19.4 Å². The summed E-state index contributed by atoms with van der Waals surface area (Å²) in [5.41, 5.74) is 7.81. The van der Waals surface area contributed by atoms with E-state index < -0.39 is 17.5 Å². The second kappa shape index (κ2) is 11.2. The average molecular weight is 437 g/mol. The fraction of sp³-hybridized carbons (Fsp3) is 0.200. The molecular formula is C25H25F2N3O2. The zero-order valence-corrected chi connectivity index (χ0v) is 17.6. The fourth-order valence-corrected chi connectivity index (χ4v) is 3.35. The lowest BCUT2D eigenvalue weighted by atomic mass is 10.1. The highest BCUT2D eigenvalue weighted by Crippen LogP contribution is 2.17. The molecule has 0 aliphatic heterocycles. The number of carbonyl (C=O) groups excluding carboxylic acids is 2. The van der Waals surface area contributed by atoms with Gasteiger partial charge in [0.25, 0.3) is 5.91 Å². The van der Waals surface area contributed by atoms with Gasteiger partial charge in [0, 0.05) is 30.4 Å². The maximum Gasteiger partial charge on any atom is 0.254 e.